The molecule has 0 amide bonds. The van der Waals surface area contributed by atoms with Gasteiger partial charge in [-0.1, -0.05) is 13.8 Å². The van der Waals surface area contributed by atoms with Crippen LogP contribution in [0.1, 0.15) is 34.1 Å². The van der Waals surface area contributed by atoms with E-state index in [4.69, 9.17) is 4.74 Å². The Morgan fingerprint density at radius 1 is 1.31 bits per heavy atom. The van der Waals surface area contributed by atoms with E-state index in [2.05, 4.69) is 37.9 Å². The summed E-state index contributed by atoms with van der Waals surface area (Å²) in [6.07, 6.45) is 1.20. The molecule has 1 aliphatic rings. The van der Waals surface area contributed by atoms with E-state index in [0.717, 1.165) is 25.7 Å². The first kappa shape index (κ1) is 13.9. The summed E-state index contributed by atoms with van der Waals surface area (Å²) >= 11 is 0. The second-order valence-corrected chi connectivity index (χ2v) is 5.50. The molecule has 0 aliphatic carbocycles. The maximum Gasteiger partial charge on any atom is 0.0620 e. The fourth-order valence-electron chi connectivity index (χ4n) is 2.16. The van der Waals surface area contributed by atoms with E-state index in [1.54, 1.807) is 0 Å². The van der Waals surface area contributed by atoms with E-state index in [-0.39, 0.29) is 0 Å². The third kappa shape index (κ3) is 5.28. The first-order chi connectivity index (χ1) is 7.59. The monoisotopic (exact) mass is 228 g/mol. The van der Waals surface area contributed by atoms with Crippen LogP contribution in [0.3, 0.4) is 0 Å². The van der Waals surface area contributed by atoms with Crippen molar-refractivity contribution in [3.05, 3.63) is 0 Å². The number of nitrogens with zero attached hydrogens (tertiary/aromatic N) is 1. The second kappa shape index (κ2) is 7.25. The summed E-state index contributed by atoms with van der Waals surface area (Å²) in [5.74, 6) is 0.748. The molecule has 1 fully saturated rings. The van der Waals surface area contributed by atoms with Gasteiger partial charge in [0.05, 0.1) is 13.2 Å². The molecule has 0 radical (unpaired) electrons. The number of morpholine rings is 1. The number of hydrogen-bond acceptors (Lipinski definition) is 3. The van der Waals surface area contributed by atoms with Crippen LogP contribution >= 0.6 is 0 Å². The standard InChI is InChI=1S/C13H28N2O/c1-11(2)9-15(12(3)4)7-5-13-10-16-8-6-14-13/h11-14H,5-10H2,1-4H3. The number of hydrogen-bond donors (Lipinski definition) is 1. The lowest BCUT2D eigenvalue weighted by Gasteiger charge is -2.31. The minimum absolute atomic E-state index is 0.558. The quantitative estimate of drug-likeness (QED) is 0.749. The van der Waals surface area contributed by atoms with Crippen LogP contribution in [0.5, 0.6) is 0 Å². The van der Waals surface area contributed by atoms with Crippen molar-refractivity contribution in [1.82, 2.24) is 10.2 Å². The maximum absolute atomic E-state index is 5.47. The highest BCUT2D eigenvalue weighted by Crippen LogP contribution is 2.07. The topological polar surface area (TPSA) is 24.5 Å². The van der Waals surface area contributed by atoms with Gasteiger partial charge in [0.2, 0.25) is 0 Å². The maximum atomic E-state index is 5.47. The predicted molar refractivity (Wildman–Crippen MR) is 68.8 cm³/mol. The first-order valence-electron chi connectivity index (χ1n) is 6.64. The summed E-state index contributed by atoms with van der Waals surface area (Å²) in [6.45, 7) is 14.3. The van der Waals surface area contributed by atoms with Crippen molar-refractivity contribution in [3.63, 3.8) is 0 Å². The highest BCUT2D eigenvalue weighted by Gasteiger charge is 2.16. The Labute approximate surface area is 101 Å². The molecule has 96 valence electrons. The van der Waals surface area contributed by atoms with Gasteiger partial charge in [-0.05, 0) is 32.7 Å². The molecule has 1 heterocycles. The normalized spacial score (nSPS) is 22.3. The van der Waals surface area contributed by atoms with E-state index < -0.39 is 0 Å². The van der Waals surface area contributed by atoms with Gasteiger partial charge in [0.15, 0.2) is 0 Å². The molecule has 1 N–H and O–H groups in total. The summed E-state index contributed by atoms with van der Waals surface area (Å²) in [7, 11) is 0. The van der Waals surface area contributed by atoms with Crippen LogP contribution < -0.4 is 5.32 Å². The molecule has 0 spiro atoms. The van der Waals surface area contributed by atoms with E-state index in [0.29, 0.717) is 12.1 Å². The Bertz CT molecular complexity index is 177. The number of rotatable bonds is 6. The molecule has 3 nitrogen and oxygen atoms in total. The van der Waals surface area contributed by atoms with Crippen LogP contribution in [0.4, 0.5) is 0 Å². The van der Waals surface area contributed by atoms with Crippen LogP contribution in [0.2, 0.25) is 0 Å². The molecule has 16 heavy (non-hydrogen) atoms. The molecule has 1 atom stereocenters. The fourth-order valence-corrected chi connectivity index (χ4v) is 2.16. The minimum atomic E-state index is 0.558. The summed E-state index contributed by atoms with van der Waals surface area (Å²) in [5, 5.41) is 3.52. The minimum Gasteiger partial charge on any atom is -0.379 e. The van der Waals surface area contributed by atoms with Crippen molar-refractivity contribution in [2.45, 2.75) is 46.2 Å². The molecular weight excluding hydrogens is 200 g/mol. The van der Waals surface area contributed by atoms with Crippen LogP contribution in [0, 0.1) is 5.92 Å². The zero-order valence-corrected chi connectivity index (χ0v) is 11.3. The van der Waals surface area contributed by atoms with Crippen molar-refractivity contribution in [1.29, 1.82) is 0 Å². The smallest absolute Gasteiger partial charge is 0.0620 e. The van der Waals surface area contributed by atoms with Crippen molar-refractivity contribution >= 4 is 0 Å². The van der Waals surface area contributed by atoms with Gasteiger partial charge in [-0.25, -0.2) is 0 Å². The Kier molecular flexibility index (Phi) is 6.32. The molecule has 1 saturated heterocycles. The molecule has 0 saturated carbocycles. The largest absolute Gasteiger partial charge is 0.379 e. The Morgan fingerprint density at radius 2 is 2.06 bits per heavy atom. The van der Waals surface area contributed by atoms with E-state index in [9.17, 15) is 0 Å². The molecule has 1 unspecified atom stereocenters. The Hall–Kier alpha value is -0.120. The second-order valence-electron chi connectivity index (χ2n) is 5.50. The molecule has 3 heteroatoms. The van der Waals surface area contributed by atoms with Crippen LogP contribution in [-0.4, -0.2) is 49.8 Å². The van der Waals surface area contributed by atoms with Crippen LogP contribution in [0.15, 0.2) is 0 Å². The van der Waals surface area contributed by atoms with Gasteiger partial charge < -0.3 is 15.0 Å². The van der Waals surface area contributed by atoms with Crippen molar-refractivity contribution in [2.24, 2.45) is 5.92 Å². The molecular formula is C13H28N2O. The van der Waals surface area contributed by atoms with Gasteiger partial charge in [-0.15, -0.1) is 0 Å². The summed E-state index contributed by atoms with van der Waals surface area (Å²) in [5.41, 5.74) is 0. The van der Waals surface area contributed by atoms with Gasteiger partial charge in [-0.2, -0.15) is 0 Å². The molecule has 0 aromatic heterocycles. The molecule has 0 aromatic carbocycles. The Balaban J connectivity index is 2.25. The highest BCUT2D eigenvalue weighted by molar-refractivity contribution is 4.74. The molecule has 0 bridgehead atoms. The van der Waals surface area contributed by atoms with Gasteiger partial charge in [0, 0.05) is 25.2 Å². The molecule has 1 rings (SSSR count). The van der Waals surface area contributed by atoms with Gasteiger partial charge >= 0.3 is 0 Å². The molecule has 0 aromatic rings. The summed E-state index contributed by atoms with van der Waals surface area (Å²) < 4.78 is 5.47. The van der Waals surface area contributed by atoms with Gasteiger partial charge in [0.25, 0.3) is 0 Å². The van der Waals surface area contributed by atoms with Crippen LogP contribution in [0.25, 0.3) is 0 Å². The third-order valence-electron chi connectivity index (χ3n) is 3.09. The number of nitrogens with one attached hydrogen (secondary N) is 1. The lowest BCUT2D eigenvalue weighted by molar-refractivity contribution is 0.0672. The van der Waals surface area contributed by atoms with Crippen molar-refractivity contribution < 1.29 is 4.74 Å². The van der Waals surface area contributed by atoms with Crippen LogP contribution in [-0.2, 0) is 4.74 Å². The SMILES string of the molecule is CC(C)CN(CCC1COCCN1)C(C)C. The summed E-state index contributed by atoms with van der Waals surface area (Å²) in [6, 6.07) is 1.20. The zero-order valence-electron chi connectivity index (χ0n) is 11.3. The zero-order chi connectivity index (χ0) is 12.0. The Morgan fingerprint density at radius 3 is 2.56 bits per heavy atom. The van der Waals surface area contributed by atoms with Gasteiger partial charge in [0.1, 0.15) is 0 Å². The van der Waals surface area contributed by atoms with Gasteiger partial charge in [-0.3, -0.25) is 0 Å². The van der Waals surface area contributed by atoms with E-state index >= 15 is 0 Å². The summed E-state index contributed by atoms with van der Waals surface area (Å²) in [4.78, 5) is 2.57. The fraction of sp³-hybridized carbons (Fsp3) is 1.00. The average molecular weight is 228 g/mol. The lowest BCUT2D eigenvalue weighted by atomic mass is 10.1. The highest BCUT2D eigenvalue weighted by atomic mass is 16.5. The van der Waals surface area contributed by atoms with E-state index in [1.807, 2.05) is 0 Å². The lowest BCUT2D eigenvalue weighted by Crippen LogP contribution is -2.44. The first-order valence-corrected chi connectivity index (χ1v) is 6.64. The predicted octanol–water partition coefficient (Wildman–Crippen LogP) is 1.73. The molecule has 1 aliphatic heterocycles. The van der Waals surface area contributed by atoms with Crippen molar-refractivity contribution in [2.75, 3.05) is 32.8 Å². The van der Waals surface area contributed by atoms with Crippen molar-refractivity contribution in [3.8, 4) is 0 Å². The third-order valence-corrected chi connectivity index (χ3v) is 3.09. The van der Waals surface area contributed by atoms with E-state index in [1.165, 1.54) is 19.5 Å². The average Bonchev–Trinajstić information content (AvgIpc) is 2.25. The number of ether oxygens (including phenoxy) is 1.